The van der Waals surface area contributed by atoms with Crippen molar-refractivity contribution in [1.29, 1.82) is 0 Å². The molecule has 5 heteroatoms. The Bertz CT molecular complexity index is 334. The van der Waals surface area contributed by atoms with E-state index in [1.54, 1.807) is 18.5 Å². The largest absolute Gasteiger partial charge is 0.368 e. The fourth-order valence-electron chi connectivity index (χ4n) is 1.54. The van der Waals surface area contributed by atoms with Crippen molar-refractivity contribution in [1.82, 2.24) is 9.97 Å². The number of rotatable bonds is 3. The van der Waals surface area contributed by atoms with Crippen LogP contribution in [-0.2, 0) is 4.79 Å². The molecule has 1 aliphatic carbocycles. The fraction of sp³-hybridized carbons (Fsp3) is 0.444. The monoisotopic (exact) mass is 192 g/mol. The normalized spacial score (nSPS) is 18.3. The minimum atomic E-state index is -0.610. The summed E-state index contributed by atoms with van der Waals surface area (Å²) in [6.07, 6.45) is 5.80. The van der Waals surface area contributed by atoms with Gasteiger partial charge in [-0.25, -0.2) is 9.97 Å². The second kappa shape index (κ2) is 3.25. The van der Waals surface area contributed by atoms with Crippen molar-refractivity contribution < 1.29 is 4.79 Å². The summed E-state index contributed by atoms with van der Waals surface area (Å²) in [7, 11) is 0. The van der Waals surface area contributed by atoms with Crippen LogP contribution in [0, 0.1) is 0 Å². The van der Waals surface area contributed by atoms with E-state index in [-0.39, 0.29) is 5.91 Å². The van der Waals surface area contributed by atoms with Crippen LogP contribution < -0.4 is 11.1 Å². The number of hydrogen-bond donors (Lipinski definition) is 2. The minimum absolute atomic E-state index is 0.323. The zero-order valence-electron chi connectivity index (χ0n) is 7.73. The lowest BCUT2D eigenvalue weighted by Gasteiger charge is -2.39. The summed E-state index contributed by atoms with van der Waals surface area (Å²) >= 11 is 0. The number of primary amides is 1. The van der Waals surface area contributed by atoms with Crippen LogP contribution in [0.15, 0.2) is 18.5 Å². The van der Waals surface area contributed by atoms with Gasteiger partial charge in [-0.05, 0) is 25.3 Å². The Morgan fingerprint density at radius 1 is 1.43 bits per heavy atom. The first-order valence-corrected chi connectivity index (χ1v) is 4.58. The molecule has 0 saturated heterocycles. The zero-order chi connectivity index (χ0) is 10.0. The predicted octanol–water partition coefficient (Wildman–Crippen LogP) is 0.296. The van der Waals surface area contributed by atoms with Crippen LogP contribution >= 0.6 is 0 Å². The SMILES string of the molecule is NC(=O)C1(Nc2ncccn2)CCC1. The number of hydrogen-bond acceptors (Lipinski definition) is 4. The molecule has 1 fully saturated rings. The molecule has 5 nitrogen and oxygen atoms in total. The van der Waals surface area contributed by atoms with Crippen LogP contribution in [0.5, 0.6) is 0 Å². The van der Waals surface area contributed by atoms with Crippen LogP contribution in [0.3, 0.4) is 0 Å². The van der Waals surface area contributed by atoms with Gasteiger partial charge >= 0.3 is 0 Å². The maximum Gasteiger partial charge on any atom is 0.243 e. The average Bonchev–Trinajstić information content (AvgIpc) is 2.12. The Morgan fingerprint density at radius 2 is 2.07 bits per heavy atom. The van der Waals surface area contributed by atoms with Crippen LogP contribution in [0.25, 0.3) is 0 Å². The molecular formula is C9H12N4O. The number of carbonyl (C=O) groups is 1. The molecule has 1 aromatic heterocycles. The molecule has 14 heavy (non-hydrogen) atoms. The molecule has 74 valence electrons. The highest BCUT2D eigenvalue weighted by molar-refractivity contribution is 5.88. The maximum atomic E-state index is 11.2. The molecule has 1 aliphatic rings. The predicted molar refractivity (Wildman–Crippen MR) is 51.4 cm³/mol. The van der Waals surface area contributed by atoms with E-state index < -0.39 is 5.54 Å². The number of nitrogens with one attached hydrogen (secondary N) is 1. The third-order valence-electron chi connectivity index (χ3n) is 2.60. The van der Waals surface area contributed by atoms with Crippen molar-refractivity contribution in [2.45, 2.75) is 24.8 Å². The number of nitrogens with two attached hydrogens (primary N) is 1. The number of nitrogens with zero attached hydrogens (tertiary/aromatic N) is 2. The van der Waals surface area contributed by atoms with Crippen molar-refractivity contribution in [2.75, 3.05) is 5.32 Å². The zero-order valence-corrected chi connectivity index (χ0v) is 7.73. The molecule has 0 atom stereocenters. The number of anilines is 1. The van der Waals surface area contributed by atoms with Gasteiger partial charge in [-0.2, -0.15) is 0 Å². The summed E-state index contributed by atoms with van der Waals surface area (Å²) in [6.45, 7) is 0. The summed E-state index contributed by atoms with van der Waals surface area (Å²) < 4.78 is 0. The van der Waals surface area contributed by atoms with Crippen molar-refractivity contribution in [3.8, 4) is 0 Å². The molecule has 0 spiro atoms. The molecule has 2 rings (SSSR count). The number of amides is 1. The van der Waals surface area contributed by atoms with E-state index in [9.17, 15) is 4.79 Å². The number of carbonyl (C=O) groups excluding carboxylic acids is 1. The highest BCUT2D eigenvalue weighted by atomic mass is 16.1. The lowest BCUT2D eigenvalue weighted by Crippen LogP contribution is -2.55. The van der Waals surface area contributed by atoms with Gasteiger partial charge in [-0.3, -0.25) is 4.79 Å². The van der Waals surface area contributed by atoms with E-state index in [1.165, 1.54) is 0 Å². The van der Waals surface area contributed by atoms with Gasteiger partial charge in [0.1, 0.15) is 5.54 Å². The Morgan fingerprint density at radius 3 is 2.50 bits per heavy atom. The van der Waals surface area contributed by atoms with Gasteiger partial charge in [-0.1, -0.05) is 0 Å². The van der Waals surface area contributed by atoms with E-state index in [4.69, 9.17) is 5.73 Å². The lowest BCUT2D eigenvalue weighted by molar-refractivity contribution is -0.124. The first-order valence-electron chi connectivity index (χ1n) is 4.58. The topological polar surface area (TPSA) is 80.9 Å². The molecule has 1 heterocycles. The van der Waals surface area contributed by atoms with Gasteiger partial charge in [0, 0.05) is 12.4 Å². The quantitative estimate of drug-likeness (QED) is 0.721. The highest BCUT2D eigenvalue weighted by Crippen LogP contribution is 2.33. The van der Waals surface area contributed by atoms with Crippen LogP contribution in [-0.4, -0.2) is 21.4 Å². The molecule has 1 amide bonds. The van der Waals surface area contributed by atoms with Crippen molar-refractivity contribution in [3.63, 3.8) is 0 Å². The van der Waals surface area contributed by atoms with Gasteiger partial charge in [-0.15, -0.1) is 0 Å². The summed E-state index contributed by atoms with van der Waals surface area (Å²) in [6, 6.07) is 1.73. The van der Waals surface area contributed by atoms with Crippen molar-refractivity contribution in [2.24, 2.45) is 5.73 Å². The maximum absolute atomic E-state index is 11.2. The molecule has 1 saturated carbocycles. The fourth-order valence-corrected chi connectivity index (χ4v) is 1.54. The Labute approximate surface area is 81.7 Å². The van der Waals surface area contributed by atoms with Crippen LogP contribution in [0.1, 0.15) is 19.3 Å². The molecule has 0 unspecified atom stereocenters. The van der Waals surface area contributed by atoms with Crippen molar-refractivity contribution in [3.05, 3.63) is 18.5 Å². The standard InChI is InChI=1S/C9H12N4O/c10-7(14)9(3-1-4-9)13-8-11-5-2-6-12-8/h2,5-6H,1,3-4H2,(H2,10,14)(H,11,12,13). The van der Waals surface area contributed by atoms with Gasteiger partial charge in [0.15, 0.2) is 0 Å². The molecule has 0 radical (unpaired) electrons. The van der Waals surface area contributed by atoms with Crippen molar-refractivity contribution >= 4 is 11.9 Å². The summed E-state index contributed by atoms with van der Waals surface area (Å²) in [5, 5.41) is 2.99. The first kappa shape index (κ1) is 8.93. The highest BCUT2D eigenvalue weighted by Gasteiger charge is 2.43. The van der Waals surface area contributed by atoms with Gasteiger partial charge in [0.25, 0.3) is 0 Å². The minimum Gasteiger partial charge on any atom is -0.368 e. The average molecular weight is 192 g/mol. The van der Waals surface area contributed by atoms with E-state index in [1.807, 2.05) is 0 Å². The molecule has 1 aromatic rings. The molecule has 3 N–H and O–H groups in total. The number of aromatic nitrogens is 2. The second-order valence-corrected chi connectivity index (χ2v) is 3.50. The third kappa shape index (κ3) is 1.41. The Kier molecular flexibility index (Phi) is 2.07. The van der Waals surface area contributed by atoms with Gasteiger partial charge < -0.3 is 11.1 Å². The lowest BCUT2D eigenvalue weighted by atomic mass is 9.76. The van der Waals surface area contributed by atoms with E-state index in [0.717, 1.165) is 19.3 Å². The van der Waals surface area contributed by atoms with E-state index in [0.29, 0.717) is 5.95 Å². The first-order chi connectivity index (χ1) is 6.73. The molecule has 0 aliphatic heterocycles. The molecule has 0 aromatic carbocycles. The summed E-state index contributed by atoms with van der Waals surface area (Å²) in [5.74, 6) is 0.141. The molecular weight excluding hydrogens is 180 g/mol. The van der Waals surface area contributed by atoms with Gasteiger partial charge in [0.2, 0.25) is 11.9 Å². The second-order valence-electron chi connectivity index (χ2n) is 3.50. The van der Waals surface area contributed by atoms with E-state index in [2.05, 4.69) is 15.3 Å². The smallest absolute Gasteiger partial charge is 0.243 e. The Hall–Kier alpha value is -1.65. The Balaban J connectivity index is 2.13. The van der Waals surface area contributed by atoms with E-state index >= 15 is 0 Å². The van der Waals surface area contributed by atoms with Gasteiger partial charge in [0.05, 0.1) is 0 Å². The summed E-state index contributed by atoms with van der Waals surface area (Å²) in [5.41, 5.74) is 4.71. The van der Waals surface area contributed by atoms with Crippen LogP contribution in [0.4, 0.5) is 5.95 Å². The summed E-state index contributed by atoms with van der Waals surface area (Å²) in [4.78, 5) is 19.2. The molecule has 0 bridgehead atoms. The third-order valence-corrected chi connectivity index (χ3v) is 2.60. The van der Waals surface area contributed by atoms with Crippen LogP contribution in [0.2, 0.25) is 0 Å².